The first-order chi connectivity index (χ1) is 15.1. The number of hydrogen-bond acceptors (Lipinski definition) is 3. The molecule has 0 radical (unpaired) electrons. The third-order valence-electron chi connectivity index (χ3n) is 4.95. The van der Waals surface area contributed by atoms with Gasteiger partial charge in [0.1, 0.15) is 0 Å². The Morgan fingerprint density at radius 2 is 1.69 bits per heavy atom. The molecule has 1 amide bonds. The maximum Gasteiger partial charge on any atom is 0.264 e. The molecule has 0 fully saturated rings. The fourth-order valence-corrected chi connectivity index (χ4v) is 5.96. The summed E-state index contributed by atoms with van der Waals surface area (Å²) < 4.78 is 29.6. The molecule has 3 aromatic carbocycles. The molecule has 0 bridgehead atoms. The van der Waals surface area contributed by atoms with Crippen LogP contribution in [-0.4, -0.2) is 20.9 Å². The highest BCUT2D eigenvalue weighted by molar-refractivity contribution is 9.11. The Kier molecular flexibility index (Phi) is 7.70. The number of halogens is 3. The molecule has 0 unspecified atom stereocenters. The van der Waals surface area contributed by atoms with E-state index in [1.165, 1.54) is 22.5 Å². The quantitative estimate of drug-likeness (QED) is 0.333. The number of hydrogen-bond donors (Lipinski definition) is 1. The smallest absolute Gasteiger partial charge is 0.264 e. The number of sulfonamides is 1. The van der Waals surface area contributed by atoms with Crippen molar-refractivity contribution in [2.24, 2.45) is 0 Å². The van der Waals surface area contributed by atoms with E-state index in [1.807, 2.05) is 26.0 Å². The molecular formula is C23H21Br2ClN2O3S. The van der Waals surface area contributed by atoms with Crippen molar-refractivity contribution in [1.29, 1.82) is 0 Å². The lowest BCUT2D eigenvalue weighted by Gasteiger charge is -2.23. The fraction of sp³-hybridized carbons (Fsp3) is 0.174. The monoisotopic (exact) mass is 598 g/mol. The molecule has 9 heteroatoms. The van der Waals surface area contributed by atoms with Crippen LogP contribution in [-0.2, 0) is 10.0 Å². The molecule has 0 saturated heterocycles. The Morgan fingerprint density at radius 1 is 1.03 bits per heavy atom. The highest BCUT2D eigenvalue weighted by Crippen LogP contribution is 2.35. The molecule has 0 aromatic heterocycles. The summed E-state index contributed by atoms with van der Waals surface area (Å²) in [5.74, 6) is -0.503. The van der Waals surface area contributed by atoms with Gasteiger partial charge in [0.25, 0.3) is 15.9 Å². The van der Waals surface area contributed by atoms with Gasteiger partial charge in [-0.2, -0.15) is 0 Å². The molecule has 3 rings (SSSR count). The van der Waals surface area contributed by atoms with Crippen LogP contribution < -0.4 is 9.62 Å². The first-order valence-corrected chi connectivity index (χ1v) is 13.1. The zero-order valence-corrected chi connectivity index (χ0v) is 22.4. The Labute approximate surface area is 210 Å². The summed E-state index contributed by atoms with van der Waals surface area (Å²) in [5.41, 5.74) is 3.06. The van der Waals surface area contributed by atoms with Crippen molar-refractivity contribution < 1.29 is 13.2 Å². The normalized spacial score (nSPS) is 11.3. The molecule has 0 atom stereocenters. The first kappa shape index (κ1) is 24.8. The van der Waals surface area contributed by atoms with Crippen molar-refractivity contribution in [2.45, 2.75) is 25.7 Å². The maximum absolute atomic E-state index is 13.3. The van der Waals surface area contributed by atoms with Crippen LogP contribution in [0.4, 0.5) is 11.4 Å². The number of aryl methyl sites for hydroxylation is 1. The van der Waals surface area contributed by atoms with Gasteiger partial charge in [0.15, 0.2) is 0 Å². The largest absolute Gasteiger partial charge is 0.321 e. The molecule has 0 heterocycles. The lowest BCUT2D eigenvalue weighted by molar-refractivity contribution is 0.102. The third kappa shape index (κ3) is 4.88. The Morgan fingerprint density at radius 3 is 2.31 bits per heavy atom. The van der Waals surface area contributed by atoms with Gasteiger partial charge in [-0.1, -0.05) is 45.7 Å². The number of carbonyl (C=O) groups excluding carboxylic acids is 1. The van der Waals surface area contributed by atoms with Crippen LogP contribution in [0.15, 0.2) is 68.4 Å². The Bertz CT molecular complexity index is 1280. The van der Waals surface area contributed by atoms with Crippen LogP contribution in [0.1, 0.15) is 28.4 Å². The highest BCUT2D eigenvalue weighted by atomic mass is 79.9. The minimum atomic E-state index is -3.90. The number of carbonyl (C=O) groups is 1. The molecule has 0 aliphatic heterocycles. The predicted octanol–water partition coefficient (Wildman–Crippen LogP) is 6.95. The van der Waals surface area contributed by atoms with E-state index in [-0.39, 0.29) is 22.0 Å². The molecular weight excluding hydrogens is 580 g/mol. The van der Waals surface area contributed by atoms with Crippen molar-refractivity contribution in [1.82, 2.24) is 0 Å². The number of para-hydroxylation sites is 1. The van der Waals surface area contributed by atoms with Gasteiger partial charge in [-0.3, -0.25) is 9.10 Å². The predicted molar refractivity (Wildman–Crippen MR) is 137 cm³/mol. The van der Waals surface area contributed by atoms with Crippen molar-refractivity contribution >= 4 is 70.8 Å². The summed E-state index contributed by atoms with van der Waals surface area (Å²) in [4.78, 5) is 13.0. The molecule has 0 saturated carbocycles. The zero-order valence-electron chi connectivity index (χ0n) is 17.6. The Balaban J connectivity index is 2.00. The molecule has 32 heavy (non-hydrogen) atoms. The summed E-state index contributed by atoms with van der Waals surface area (Å²) in [6, 6.07) is 14.8. The van der Waals surface area contributed by atoms with Gasteiger partial charge in [0.05, 0.1) is 26.9 Å². The van der Waals surface area contributed by atoms with Crippen LogP contribution >= 0.6 is 43.5 Å². The van der Waals surface area contributed by atoms with Crippen LogP contribution in [0.3, 0.4) is 0 Å². The van der Waals surface area contributed by atoms with Gasteiger partial charge in [0, 0.05) is 15.5 Å². The van der Waals surface area contributed by atoms with E-state index in [1.54, 1.807) is 31.2 Å². The SMILES string of the molecule is CCN(c1ccccc1)S(=O)(=O)c1ccc(Cl)c(C(=O)Nc2cc(C)c(Br)c(C)c2Br)c1. The fourth-order valence-electron chi connectivity index (χ4n) is 3.27. The maximum atomic E-state index is 13.3. The standard InChI is InChI=1S/C23H21Br2ClN2O3S/c1-4-28(16-8-6-5-7-9-16)32(30,31)17-10-11-19(26)18(13-17)23(29)27-20-12-14(2)21(24)15(3)22(20)25/h5-13H,4H2,1-3H3,(H,27,29). The van der Waals surface area contributed by atoms with Gasteiger partial charge in [0.2, 0.25) is 0 Å². The number of anilines is 2. The summed E-state index contributed by atoms with van der Waals surface area (Å²) in [6.07, 6.45) is 0. The molecule has 3 aromatic rings. The lowest BCUT2D eigenvalue weighted by Crippen LogP contribution is -2.31. The number of rotatable bonds is 6. The lowest BCUT2D eigenvalue weighted by atomic mass is 10.1. The van der Waals surface area contributed by atoms with Crippen molar-refractivity contribution in [3.63, 3.8) is 0 Å². The number of benzene rings is 3. The molecule has 0 spiro atoms. The van der Waals surface area contributed by atoms with Gasteiger partial charge in [-0.05, 0) is 84.2 Å². The summed E-state index contributed by atoms with van der Waals surface area (Å²) in [7, 11) is -3.90. The third-order valence-corrected chi connectivity index (χ3v) is 9.42. The molecule has 0 aliphatic carbocycles. The van der Waals surface area contributed by atoms with E-state index in [9.17, 15) is 13.2 Å². The first-order valence-electron chi connectivity index (χ1n) is 9.71. The molecule has 0 aliphatic rings. The second-order valence-electron chi connectivity index (χ2n) is 7.10. The van der Waals surface area contributed by atoms with Crippen LogP contribution in [0.5, 0.6) is 0 Å². The second-order valence-corrected chi connectivity index (χ2v) is 11.0. The van der Waals surface area contributed by atoms with Gasteiger partial charge >= 0.3 is 0 Å². The van der Waals surface area contributed by atoms with E-state index in [4.69, 9.17) is 11.6 Å². The van der Waals surface area contributed by atoms with Crippen LogP contribution in [0.2, 0.25) is 5.02 Å². The van der Waals surface area contributed by atoms with E-state index >= 15 is 0 Å². The van der Waals surface area contributed by atoms with Crippen LogP contribution in [0.25, 0.3) is 0 Å². The minimum absolute atomic E-state index is 0.0139. The topological polar surface area (TPSA) is 66.5 Å². The molecule has 5 nitrogen and oxygen atoms in total. The van der Waals surface area contributed by atoms with E-state index in [0.29, 0.717) is 11.4 Å². The average Bonchev–Trinajstić information content (AvgIpc) is 2.77. The number of amides is 1. The van der Waals surface area contributed by atoms with Gasteiger partial charge in [-0.15, -0.1) is 0 Å². The van der Waals surface area contributed by atoms with Crippen molar-refractivity contribution in [3.05, 3.63) is 85.3 Å². The zero-order chi connectivity index (χ0) is 23.6. The summed E-state index contributed by atoms with van der Waals surface area (Å²) in [5, 5.41) is 2.99. The number of nitrogens with zero attached hydrogens (tertiary/aromatic N) is 1. The summed E-state index contributed by atoms with van der Waals surface area (Å²) in [6.45, 7) is 5.83. The summed E-state index contributed by atoms with van der Waals surface area (Å²) >= 11 is 13.3. The minimum Gasteiger partial charge on any atom is -0.321 e. The van der Waals surface area contributed by atoms with Crippen molar-refractivity contribution in [3.8, 4) is 0 Å². The number of nitrogens with one attached hydrogen (secondary N) is 1. The van der Waals surface area contributed by atoms with E-state index < -0.39 is 15.9 Å². The van der Waals surface area contributed by atoms with Crippen molar-refractivity contribution in [2.75, 3.05) is 16.2 Å². The highest BCUT2D eigenvalue weighted by Gasteiger charge is 2.26. The van der Waals surface area contributed by atoms with Gasteiger partial charge in [-0.25, -0.2) is 8.42 Å². The second kappa shape index (κ2) is 9.95. The van der Waals surface area contributed by atoms with Gasteiger partial charge < -0.3 is 5.32 Å². The Hall–Kier alpha value is -1.87. The van der Waals surface area contributed by atoms with E-state index in [0.717, 1.165) is 20.1 Å². The molecule has 168 valence electrons. The molecule has 1 N–H and O–H groups in total. The van der Waals surface area contributed by atoms with E-state index in [2.05, 4.69) is 37.2 Å². The van der Waals surface area contributed by atoms with Crippen LogP contribution in [0, 0.1) is 13.8 Å². The average molecular weight is 601 g/mol.